The summed E-state index contributed by atoms with van der Waals surface area (Å²) in [5.41, 5.74) is 0.600. The van der Waals surface area contributed by atoms with Gasteiger partial charge in [-0.25, -0.2) is 13.8 Å². The van der Waals surface area contributed by atoms with Crippen LogP contribution in [0.3, 0.4) is 0 Å². The molecule has 0 aliphatic carbocycles. The van der Waals surface area contributed by atoms with Crippen molar-refractivity contribution in [3.8, 4) is 0 Å². The van der Waals surface area contributed by atoms with Gasteiger partial charge in [-0.15, -0.1) is 0 Å². The Morgan fingerprint density at radius 2 is 1.82 bits per heavy atom. The number of hydrogen-bond acceptors (Lipinski definition) is 3. The Hall–Kier alpha value is -2.02. The highest BCUT2D eigenvalue weighted by atomic mass is 19.2. The highest BCUT2D eigenvalue weighted by molar-refractivity contribution is 5.94. The number of halogens is 2. The Bertz CT molecular complexity index is 706. The second kappa shape index (κ2) is 4.74. The van der Waals surface area contributed by atoms with Crippen LogP contribution in [0.5, 0.6) is 0 Å². The number of hydrogen-bond donors (Lipinski definition) is 1. The SMILES string of the molecule is CN1CC2CN(C(=O)c3nc4cc(F)c(F)cc4[nH]3)C[C@@H]2C1. The van der Waals surface area contributed by atoms with Crippen LogP contribution < -0.4 is 0 Å². The maximum absolute atomic E-state index is 13.2. The molecule has 2 atom stereocenters. The molecular weight excluding hydrogens is 290 g/mol. The Morgan fingerprint density at radius 1 is 1.18 bits per heavy atom. The summed E-state index contributed by atoms with van der Waals surface area (Å²) in [7, 11) is 2.09. The lowest BCUT2D eigenvalue weighted by Crippen LogP contribution is -2.32. The fourth-order valence-electron chi connectivity index (χ4n) is 3.65. The van der Waals surface area contributed by atoms with E-state index < -0.39 is 11.6 Å². The molecule has 1 N–H and O–H groups in total. The van der Waals surface area contributed by atoms with Gasteiger partial charge in [0.2, 0.25) is 0 Å². The zero-order valence-corrected chi connectivity index (χ0v) is 12.1. The molecule has 4 rings (SSSR count). The lowest BCUT2D eigenvalue weighted by atomic mass is 10.0. The van der Waals surface area contributed by atoms with Gasteiger partial charge in [0, 0.05) is 38.3 Å². The molecule has 0 saturated carbocycles. The number of carbonyl (C=O) groups excluding carboxylic acids is 1. The minimum atomic E-state index is -0.961. The third-order valence-corrected chi connectivity index (χ3v) is 4.68. The summed E-state index contributed by atoms with van der Waals surface area (Å²) in [4.78, 5) is 23.5. The molecular formula is C15H16F2N4O. The molecule has 0 bridgehead atoms. The predicted octanol–water partition coefficient (Wildman–Crippen LogP) is 1.47. The normalized spacial score (nSPS) is 25.1. The van der Waals surface area contributed by atoms with Gasteiger partial charge in [-0.1, -0.05) is 0 Å². The number of nitrogens with one attached hydrogen (secondary N) is 1. The van der Waals surface area contributed by atoms with E-state index in [4.69, 9.17) is 0 Å². The van der Waals surface area contributed by atoms with Crippen molar-refractivity contribution in [2.24, 2.45) is 11.8 Å². The average Bonchev–Trinajstić information content (AvgIpc) is 3.10. The molecule has 2 saturated heterocycles. The molecule has 0 spiro atoms. The molecule has 5 nitrogen and oxygen atoms in total. The summed E-state index contributed by atoms with van der Waals surface area (Å²) in [6, 6.07) is 2.04. The monoisotopic (exact) mass is 306 g/mol. The van der Waals surface area contributed by atoms with Gasteiger partial charge in [-0.3, -0.25) is 4.79 Å². The summed E-state index contributed by atoms with van der Waals surface area (Å²) in [5.74, 6) is -0.950. The van der Waals surface area contributed by atoms with Crippen LogP contribution in [0.1, 0.15) is 10.6 Å². The van der Waals surface area contributed by atoms with E-state index in [0.717, 1.165) is 25.2 Å². The van der Waals surface area contributed by atoms with Crippen LogP contribution in [0.25, 0.3) is 11.0 Å². The number of likely N-dealkylation sites (tertiary alicyclic amines) is 2. The average molecular weight is 306 g/mol. The summed E-state index contributed by atoms with van der Waals surface area (Å²) in [5, 5.41) is 0. The van der Waals surface area contributed by atoms with Gasteiger partial charge in [0.15, 0.2) is 17.5 Å². The molecule has 3 heterocycles. The number of aromatic amines is 1. The number of aromatic nitrogens is 2. The van der Waals surface area contributed by atoms with Gasteiger partial charge in [-0.2, -0.15) is 0 Å². The van der Waals surface area contributed by atoms with Crippen molar-refractivity contribution in [3.63, 3.8) is 0 Å². The van der Waals surface area contributed by atoms with E-state index in [1.807, 2.05) is 0 Å². The number of amides is 1. The van der Waals surface area contributed by atoms with E-state index >= 15 is 0 Å². The standard InChI is InChI=1S/C15H16F2N4O/c1-20-4-8-6-21(7-9(8)5-20)15(22)14-18-12-2-10(16)11(17)3-13(12)19-14/h2-3,8-9H,4-7H2,1H3,(H,18,19)/t8-,9?/m0/s1. The van der Waals surface area contributed by atoms with Crippen molar-refractivity contribution in [1.82, 2.24) is 19.8 Å². The number of nitrogens with zero attached hydrogens (tertiary/aromatic N) is 3. The highest BCUT2D eigenvalue weighted by Crippen LogP contribution is 2.31. The maximum atomic E-state index is 13.2. The van der Waals surface area contributed by atoms with Crippen LogP contribution in [0.2, 0.25) is 0 Å². The van der Waals surface area contributed by atoms with Crippen molar-refractivity contribution in [2.75, 3.05) is 33.2 Å². The second-order valence-corrected chi connectivity index (χ2v) is 6.32. The molecule has 2 aliphatic rings. The van der Waals surface area contributed by atoms with Crippen LogP contribution in [-0.4, -0.2) is 58.9 Å². The molecule has 116 valence electrons. The molecule has 0 radical (unpaired) electrons. The van der Waals surface area contributed by atoms with Gasteiger partial charge in [0.1, 0.15) is 0 Å². The largest absolute Gasteiger partial charge is 0.335 e. The fraction of sp³-hybridized carbons (Fsp3) is 0.467. The topological polar surface area (TPSA) is 52.2 Å². The third kappa shape index (κ3) is 2.08. The Labute approximate surface area is 125 Å². The summed E-state index contributed by atoms with van der Waals surface area (Å²) < 4.78 is 26.5. The zero-order valence-electron chi connectivity index (χ0n) is 12.1. The molecule has 2 aliphatic heterocycles. The van der Waals surface area contributed by atoms with Gasteiger partial charge in [-0.05, 0) is 18.9 Å². The molecule has 2 fully saturated rings. The molecule has 1 amide bonds. The van der Waals surface area contributed by atoms with Gasteiger partial charge in [0.25, 0.3) is 5.91 Å². The molecule has 7 heteroatoms. The highest BCUT2D eigenvalue weighted by Gasteiger charge is 2.41. The second-order valence-electron chi connectivity index (χ2n) is 6.32. The minimum absolute atomic E-state index is 0.147. The Morgan fingerprint density at radius 3 is 2.50 bits per heavy atom. The van der Waals surface area contributed by atoms with E-state index in [-0.39, 0.29) is 17.2 Å². The van der Waals surface area contributed by atoms with Gasteiger partial charge < -0.3 is 14.8 Å². The smallest absolute Gasteiger partial charge is 0.289 e. The van der Waals surface area contributed by atoms with Gasteiger partial charge in [0.05, 0.1) is 11.0 Å². The van der Waals surface area contributed by atoms with Crippen molar-refractivity contribution < 1.29 is 13.6 Å². The van der Waals surface area contributed by atoms with E-state index in [9.17, 15) is 13.6 Å². The van der Waals surface area contributed by atoms with Crippen molar-refractivity contribution in [1.29, 1.82) is 0 Å². The quantitative estimate of drug-likeness (QED) is 0.868. The van der Waals surface area contributed by atoms with Crippen molar-refractivity contribution in [2.45, 2.75) is 0 Å². The molecule has 1 unspecified atom stereocenters. The van der Waals surface area contributed by atoms with E-state index in [0.29, 0.717) is 30.4 Å². The summed E-state index contributed by atoms with van der Waals surface area (Å²) >= 11 is 0. The van der Waals surface area contributed by atoms with Crippen LogP contribution >= 0.6 is 0 Å². The third-order valence-electron chi connectivity index (χ3n) is 4.68. The molecule has 1 aromatic carbocycles. The summed E-state index contributed by atoms with van der Waals surface area (Å²) in [6.07, 6.45) is 0. The predicted molar refractivity (Wildman–Crippen MR) is 76.4 cm³/mol. The molecule has 22 heavy (non-hydrogen) atoms. The lowest BCUT2D eigenvalue weighted by Gasteiger charge is -2.18. The number of imidazole rings is 1. The number of H-pyrrole nitrogens is 1. The first kappa shape index (κ1) is 13.6. The zero-order chi connectivity index (χ0) is 15.4. The molecule has 2 aromatic rings. The molecule has 1 aromatic heterocycles. The first-order valence-electron chi connectivity index (χ1n) is 7.34. The number of benzene rings is 1. The number of carbonyl (C=O) groups is 1. The summed E-state index contributed by atoms with van der Waals surface area (Å²) in [6.45, 7) is 3.44. The van der Waals surface area contributed by atoms with Crippen LogP contribution in [0.4, 0.5) is 8.78 Å². The van der Waals surface area contributed by atoms with E-state index in [2.05, 4.69) is 21.9 Å². The van der Waals surface area contributed by atoms with Crippen molar-refractivity contribution >= 4 is 16.9 Å². The van der Waals surface area contributed by atoms with E-state index in [1.165, 1.54) is 0 Å². The van der Waals surface area contributed by atoms with Crippen molar-refractivity contribution in [3.05, 3.63) is 29.6 Å². The lowest BCUT2D eigenvalue weighted by molar-refractivity contribution is 0.0765. The van der Waals surface area contributed by atoms with Gasteiger partial charge >= 0.3 is 0 Å². The van der Waals surface area contributed by atoms with Crippen LogP contribution in [-0.2, 0) is 0 Å². The number of fused-ring (bicyclic) bond motifs is 2. The van der Waals surface area contributed by atoms with Crippen LogP contribution in [0, 0.1) is 23.5 Å². The minimum Gasteiger partial charge on any atom is -0.335 e. The van der Waals surface area contributed by atoms with E-state index in [1.54, 1.807) is 4.90 Å². The fourth-order valence-corrected chi connectivity index (χ4v) is 3.65. The maximum Gasteiger partial charge on any atom is 0.289 e. The van der Waals surface area contributed by atoms with Crippen LogP contribution in [0.15, 0.2) is 12.1 Å². The number of rotatable bonds is 1. The Balaban J connectivity index is 1.58. The Kier molecular flexibility index (Phi) is 2.94. The first-order valence-corrected chi connectivity index (χ1v) is 7.34. The first-order chi connectivity index (χ1) is 10.5.